The molecule has 18 heavy (non-hydrogen) atoms. The molecule has 0 aliphatic carbocycles. The van der Waals surface area contributed by atoms with Crippen molar-refractivity contribution in [2.75, 3.05) is 7.05 Å². The largest absolute Gasteiger partial charge is 0.316 e. The number of hydrogen-bond acceptors (Lipinski definition) is 1. The van der Waals surface area contributed by atoms with Crippen LogP contribution in [0.3, 0.4) is 0 Å². The lowest BCUT2D eigenvalue weighted by Gasteiger charge is -2.23. The lowest BCUT2D eigenvalue weighted by molar-refractivity contribution is 0.371. The Morgan fingerprint density at radius 3 is 2.11 bits per heavy atom. The van der Waals surface area contributed by atoms with Crippen LogP contribution in [0.2, 0.25) is 0 Å². The summed E-state index contributed by atoms with van der Waals surface area (Å²) in [4.78, 5) is 0. The quantitative estimate of drug-likeness (QED) is 0.754. The SMILES string of the molecule is CCCC(C)C(Cc1ccc(C(C)C)cc1)NC. The van der Waals surface area contributed by atoms with Crippen LogP contribution < -0.4 is 5.32 Å². The van der Waals surface area contributed by atoms with E-state index in [1.165, 1.54) is 24.0 Å². The molecular formula is C17H29N. The van der Waals surface area contributed by atoms with Crippen molar-refractivity contribution in [2.45, 2.75) is 58.9 Å². The third kappa shape index (κ3) is 4.45. The van der Waals surface area contributed by atoms with E-state index < -0.39 is 0 Å². The molecule has 1 rings (SSSR count). The van der Waals surface area contributed by atoms with Crippen LogP contribution >= 0.6 is 0 Å². The van der Waals surface area contributed by atoms with Gasteiger partial charge in [-0.25, -0.2) is 0 Å². The van der Waals surface area contributed by atoms with Gasteiger partial charge in [-0.2, -0.15) is 0 Å². The smallest absolute Gasteiger partial charge is 0.0130 e. The fourth-order valence-electron chi connectivity index (χ4n) is 2.54. The second-order valence-electron chi connectivity index (χ2n) is 5.76. The molecule has 0 aliphatic rings. The molecule has 1 N–H and O–H groups in total. The van der Waals surface area contributed by atoms with E-state index in [1.54, 1.807) is 0 Å². The molecule has 0 saturated heterocycles. The van der Waals surface area contributed by atoms with Crippen LogP contribution in [0.4, 0.5) is 0 Å². The zero-order valence-corrected chi connectivity index (χ0v) is 12.7. The Kier molecular flexibility index (Phi) is 6.42. The van der Waals surface area contributed by atoms with Gasteiger partial charge in [0.15, 0.2) is 0 Å². The van der Waals surface area contributed by atoms with Crippen molar-refractivity contribution < 1.29 is 0 Å². The maximum Gasteiger partial charge on any atom is 0.0130 e. The molecule has 0 bridgehead atoms. The summed E-state index contributed by atoms with van der Waals surface area (Å²) in [7, 11) is 2.08. The number of rotatable bonds is 7. The molecule has 2 unspecified atom stereocenters. The van der Waals surface area contributed by atoms with Gasteiger partial charge in [0.25, 0.3) is 0 Å². The standard InChI is InChI=1S/C17H29N/c1-6-7-14(4)17(18-5)12-15-8-10-16(11-9-15)13(2)3/h8-11,13-14,17-18H,6-7,12H2,1-5H3. The number of nitrogens with one attached hydrogen (secondary N) is 1. The van der Waals surface area contributed by atoms with Crippen LogP contribution in [0.25, 0.3) is 0 Å². The maximum atomic E-state index is 3.47. The fraction of sp³-hybridized carbons (Fsp3) is 0.647. The van der Waals surface area contributed by atoms with Crippen molar-refractivity contribution in [1.82, 2.24) is 5.32 Å². The number of hydrogen-bond donors (Lipinski definition) is 1. The Labute approximate surface area is 113 Å². The first-order valence-corrected chi connectivity index (χ1v) is 7.34. The van der Waals surface area contributed by atoms with Gasteiger partial charge in [0.05, 0.1) is 0 Å². The Morgan fingerprint density at radius 2 is 1.67 bits per heavy atom. The summed E-state index contributed by atoms with van der Waals surface area (Å²) in [6.45, 7) is 9.11. The van der Waals surface area contributed by atoms with Crippen LogP contribution in [0, 0.1) is 5.92 Å². The summed E-state index contributed by atoms with van der Waals surface area (Å²) >= 11 is 0. The van der Waals surface area contributed by atoms with Crippen LogP contribution in [-0.4, -0.2) is 13.1 Å². The number of likely N-dealkylation sites (N-methyl/N-ethyl adjacent to an activating group) is 1. The molecule has 0 heterocycles. The first kappa shape index (κ1) is 15.2. The van der Waals surface area contributed by atoms with Gasteiger partial charge in [-0.05, 0) is 42.9 Å². The Hall–Kier alpha value is -0.820. The molecular weight excluding hydrogens is 218 g/mol. The molecule has 0 amide bonds. The van der Waals surface area contributed by atoms with Crippen LogP contribution in [0.15, 0.2) is 24.3 Å². The summed E-state index contributed by atoms with van der Waals surface area (Å²) in [5.41, 5.74) is 2.88. The van der Waals surface area contributed by atoms with Gasteiger partial charge in [0.1, 0.15) is 0 Å². The van der Waals surface area contributed by atoms with E-state index in [0.717, 1.165) is 12.3 Å². The van der Waals surface area contributed by atoms with E-state index in [4.69, 9.17) is 0 Å². The minimum Gasteiger partial charge on any atom is -0.316 e. The van der Waals surface area contributed by atoms with Crippen molar-refractivity contribution >= 4 is 0 Å². The first-order chi connectivity index (χ1) is 8.58. The minimum atomic E-state index is 0.592. The van der Waals surface area contributed by atoms with Gasteiger partial charge in [-0.3, -0.25) is 0 Å². The Balaban J connectivity index is 2.64. The second kappa shape index (κ2) is 7.58. The summed E-state index contributed by atoms with van der Waals surface area (Å²) in [5, 5.41) is 3.47. The fourth-order valence-corrected chi connectivity index (χ4v) is 2.54. The lowest BCUT2D eigenvalue weighted by atomic mass is 9.91. The zero-order valence-electron chi connectivity index (χ0n) is 12.7. The minimum absolute atomic E-state index is 0.592. The van der Waals surface area contributed by atoms with Gasteiger partial charge in [-0.15, -0.1) is 0 Å². The molecule has 1 aromatic carbocycles. The van der Waals surface area contributed by atoms with Crippen molar-refractivity contribution in [3.05, 3.63) is 35.4 Å². The van der Waals surface area contributed by atoms with E-state index in [1.807, 2.05) is 0 Å². The zero-order chi connectivity index (χ0) is 13.5. The summed E-state index contributed by atoms with van der Waals surface area (Å²) in [5.74, 6) is 1.36. The van der Waals surface area contributed by atoms with Gasteiger partial charge >= 0.3 is 0 Å². The molecule has 0 spiro atoms. The molecule has 0 aliphatic heterocycles. The Bertz CT molecular complexity index is 326. The molecule has 0 fully saturated rings. The molecule has 1 heteroatoms. The van der Waals surface area contributed by atoms with Gasteiger partial charge in [-0.1, -0.05) is 58.4 Å². The van der Waals surface area contributed by atoms with E-state index in [0.29, 0.717) is 12.0 Å². The molecule has 2 atom stereocenters. The van der Waals surface area contributed by atoms with Gasteiger partial charge < -0.3 is 5.32 Å². The predicted molar refractivity (Wildman–Crippen MR) is 81.2 cm³/mol. The third-order valence-electron chi connectivity index (χ3n) is 3.90. The van der Waals surface area contributed by atoms with E-state index in [9.17, 15) is 0 Å². The highest BCUT2D eigenvalue weighted by atomic mass is 14.9. The third-order valence-corrected chi connectivity index (χ3v) is 3.90. The summed E-state index contributed by atoms with van der Waals surface area (Å²) in [6.07, 6.45) is 3.71. The molecule has 1 nitrogen and oxygen atoms in total. The monoisotopic (exact) mass is 247 g/mol. The van der Waals surface area contributed by atoms with Crippen LogP contribution in [0.1, 0.15) is 57.6 Å². The molecule has 1 aromatic rings. The highest BCUT2D eigenvalue weighted by Gasteiger charge is 2.15. The number of benzene rings is 1. The predicted octanol–water partition coefficient (Wildman–Crippen LogP) is 4.38. The average Bonchev–Trinajstić information content (AvgIpc) is 2.36. The second-order valence-corrected chi connectivity index (χ2v) is 5.76. The molecule has 102 valence electrons. The van der Waals surface area contributed by atoms with Crippen LogP contribution in [-0.2, 0) is 6.42 Å². The van der Waals surface area contributed by atoms with Crippen LogP contribution in [0.5, 0.6) is 0 Å². The van der Waals surface area contributed by atoms with Crippen molar-refractivity contribution in [2.24, 2.45) is 5.92 Å². The van der Waals surface area contributed by atoms with Crippen molar-refractivity contribution in [3.8, 4) is 0 Å². The Morgan fingerprint density at radius 1 is 1.06 bits per heavy atom. The van der Waals surface area contributed by atoms with Gasteiger partial charge in [0.2, 0.25) is 0 Å². The van der Waals surface area contributed by atoms with E-state index >= 15 is 0 Å². The van der Waals surface area contributed by atoms with Crippen molar-refractivity contribution in [3.63, 3.8) is 0 Å². The van der Waals surface area contributed by atoms with E-state index in [-0.39, 0.29) is 0 Å². The highest BCUT2D eigenvalue weighted by molar-refractivity contribution is 5.25. The molecule has 0 radical (unpaired) electrons. The topological polar surface area (TPSA) is 12.0 Å². The summed E-state index contributed by atoms with van der Waals surface area (Å²) < 4.78 is 0. The normalized spacial score (nSPS) is 14.8. The van der Waals surface area contributed by atoms with Crippen molar-refractivity contribution in [1.29, 1.82) is 0 Å². The molecule has 0 aromatic heterocycles. The van der Waals surface area contributed by atoms with Gasteiger partial charge in [0, 0.05) is 6.04 Å². The first-order valence-electron chi connectivity index (χ1n) is 7.34. The average molecular weight is 247 g/mol. The van der Waals surface area contributed by atoms with E-state index in [2.05, 4.69) is 64.3 Å². The molecule has 0 saturated carbocycles. The summed E-state index contributed by atoms with van der Waals surface area (Å²) in [6, 6.07) is 9.72. The maximum absolute atomic E-state index is 3.47. The highest BCUT2D eigenvalue weighted by Crippen LogP contribution is 2.18. The lowest BCUT2D eigenvalue weighted by Crippen LogP contribution is -2.34.